The predicted octanol–water partition coefficient (Wildman–Crippen LogP) is -1.49. The summed E-state index contributed by atoms with van der Waals surface area (Å²) in [6.45, 7) is 3.91. The zero-order chi connectivity index (χ0) is 13.6. The molecule has 0 rings (SSSR count). The number of ketones is 1. The molecule has 0 fully saturated rings. The Kier molecular flexibility index (Phi) is 6.73. The Morgan fingerprint density at radius 2 is 2.06 bits per heavy atom. The number of nitrogens with one attached hydrogen (secondary N) is 1. The van der Waals surface area contributed by atoms with Gasteiger partial charge in [0.05, 0.1) is 12.6 Å². The molecule has 9 heteroatoms. The molecule has 0 spiro atoms. The second-order valence-corrected chi connectivity index (χ2v) is 4.53. The molecule has 3 atom stereocenters. The largest absolute Gasteiger partial charge is 0.469 e. The van der Waals surface area contributed by atoms with Crippen LogP contribution in [-0.2, 0) is 13.9 Å². The van der Waals surface area contributed by atoms with Crippen molar-refractivity contribution in [2.75, 3.05) is 6.61 Å². The third-order valence-electron chi connectivity index (χ3n) is 1.83. The van der Waals surface area contributed by atoms with E-state index in [-0.39, 0.29) is 0 Å². The Balaban J connectivity index is 4.13. The molecule has 0 aromatic heterocycles. The molecule has 0 aliphatic rings. The SMILES string of the molecule is C=CC(=O)[C@H](C)N[C@H](O)[C@H](O)COP(=O)(O)O. The van der Waals surface area contributed by atoms with Crippen molar-refractivity contribution in [1.29, 1.82) is 0 Å². The summed E-state index contributed by atoms with van der Waals surface area (Å²) in [5.74, 6) is -0.396. The Bertz CT molecular complexity index is 315. The van der Waals surface area contributed by atoms with Gasteiger partial charge in [0.1, 0.15) is 12.3 Å². The van der Waals surface area contributed by atoms with Gasteiger partial charge in [-0.1, -0.05) is 6.58 Å². The third-order valence-corrected chi connectivity index (χ3v) is 2.31. The van der Waals surface area contributed by atoms with Gasteiger partial charge >= 0.3 is 7.82 Å². The van der Waals surface area contributed by atoms with Gasteiger partial charge in [0.25, 0.3) is 0 Å². The summed E-state index contributed by atoms with van der Waals surface area (Å²) in [5.41, 5.74) is 0. The lowest BCUT2D eigenvalue weighted by Crippen LogP contribution is -2.48. The Morgan fingerprint density at radius 3 is 2.47 bits per heavy atom. The number of phosphoric ester groups is 1. The van der Waals surface area contributed by atoms with Crippen molar-refractivity contribution in [3.8, 4) is 0 Å². The smallest absolute Gasteiger partial charge is 0.387 e. The van der Waals surface area contributed by atoms with Gasteiger partial charge in [0, 0.05) is 0 Å². The number of carbonyl (C=O) groups excluding carboxylic acids is 1. The Morgan fingerprint density at radius 1 is 1.53 bits per heavy atom. The number of carbonyl (C=O) groups is 1. The molecule has 17 heavy (non-hydrogen) atoms. The minimum absolute atomic E-state index is 0.396. The average molecular weight is 269 g/mol. The topological polar surface area (TPSA) is 136 Å². The second-order valence-electron chi connectivity index (χ2n) is 3.29. The highest BCUT2D eigenvalue weighted by molar-refractivity contribution is 7.46. The maximum Gasteiger partial charge on any atom is 0.469 e. The molecule has 0 saturated carbocycles. The monoisotopic (exact) mass is 269 g/mol. The normalized spacial score (nSPS) is 17.2. The van der Waals surface area contributed by atoms with Crippen LogP contribution in [0.5, 0.6) is 0 Å². The van der Waals surface area contributed by atoms with Crippen molar-refractivity contribution in [3.63, 3.8) is 0 Å². The highest BCUT2D eigenvalue weighted by Gasteiger charge is 2.24. The lowest BCUT2D eigenvalue weighted by Gasteiger charge is -2.21. The number of rotatable bonds is 8. The Labute approximate surface area is 98.2 Å². The minimum Gasteiger partial charge on any atom is -0.387 e. The molecule has 0 heterocycles. The molecule has 8 nitrogen and oxygen atoms in total. The summed E-state index contributed by atoms with van der Waals surface area (Å²) in [5, 5.41) is 20.9. The van der Waals surface area contributed by atoms with Crippen LogP contribution in [0, 0.1) is 0 Å². The number of hydrogen-bond donors (Lipinski definition) is 5. The van der Waals surface area contributed by atoms with Crippen LogP contribution in [0.3, 0.4) is 0 Å². The lowest BCUT2D eigenvalue weighted by atomic mass is 10.2. The van der Waals surface area contributed by atoms with Crippen LogP contribution in [0.4, 0.5) is 0 Å². The fourth-order valence-corrected chi connectivity index (χ4v) is 1.24. The van der Waals surface area contributed by atoms with E-state index in [1.807, 2.05) is 0 Å². The molecule has 0 aliphatic carbocycles. The van der Waals surface area contributed by atoms with E-state index in [4.69, 9.17) is 9.79 Å². The van der Waals surface area contributed by atoms with Crippen molar-refractivity contribution in [2.45, 2.75) is 25.3 Å². The van der Waals surface area contributed by atoms with Crippen LogP contribution in [0.1, 0.15) is 6.92 Å². The van der Waals surface area contributed by atoms with Crippen LogP contribution >= 0.6 is 7.82 Å². The summed E-state index contributed by atoms with van der Waals surface area (Å²) in [6, 6.07) is -0.785. The van der Waals surface area contributed by atoms with Gasteiger partial charge in [-0.15, -0.1) is 0 Å². The van der Waals surface area contributed by atoms with E-state index in [0.717, 1.165) is 6.08 Å². The van der Waals surface area contributed by atoms with Crippen molar-refractivity contribution in [2.24, 2.45) is 0 Å². The van der Waals surface area contributed by atoms with Gasteiger partial charge in [-0.05, 0) is 13.0 Å². The fourth-order valence-electron chi connectivity index (χ4n) is 0.891. The van der Waals surface area contributed by atoms with E-state index in [9.17, 15) is 19.6 Å². The molecule has 0 aliphatic heterocycles. The highest BCUT2D eigenvalue weighted by Crippen LogP contribution is 2.35. The molecule has 0 saturated heterocycles. The first-order valence-electron chi connectivity index (χ1n) is 4.66. The van der Waals surface area contributed by atoms with E-state index < -0.39 is 38.6 Å². The second kappa shape index (κ2) is 6.97. The summed E-state index contributed by atoms with van der Waals surface area (Å²) >= 11 is 0. The number of phosphoric acid groups is 1. The molecule has 0 unspecified atom stereocenters. The summed E-state index contributed by atoms with van der Waals surface area (Å²) < 4.78 is 14.3. The standard InChI is InChI=1S/C8H16NO7P/c1-3-6(10)5(2)9-8(12)7(11)4-16-17(13,14)15/h3,5,7-9,11-12H,1,4H2,2H3,(H2,13,14,15)/t5-,7+,8+/m0/s1. The van der Waals surface area contributed by atoms with Crippen LogP contribution in [0.2, 0.25) is 0 Å². The molecular formula is C8H16NO7P. The molecule has 0 aromatic rings. The average Bonchev–Trinajstić information content (AvgIpc) is 2.23. The molecule has 100 valence electrons. The molecule has 0 bridgehead atoms. The fraction of sp³-hybridized carbons (Fsp3) is 0.625. The zero-order valence-electron chi connectivity index (χ0n) is 9.18. The van der Waals surface area contributed by atoms with Crippen LogP contribution < -0.4 is 5.32 Å². The minimum atomic E-state index is -4.70. The van der Waals surface area contributed by atoms with E-state index in [1.165, 1.54) is 6.92 Å². The van der Waals surface area contributed by atoms with Crippen molar-refractivity contribution < 1.29 is 33.9 Å². The lowest BCUT2D eigenvalue weighted by molar-refractivity contribution is -0.118. The van der Waals surface area contributed by atoms with E-state index >= 15 is 0 Å². The Hall–Kier alpha value is -0.600. The zero-order valence-corrected chi connectivity index (χ0v) is 10.1. The van der Waals surface area contributed by atoms with Crippen molar-refractivity contribution in [3.05, 3.63) is 12.7 Å². The van der Waals surface area contributed by atoms with Crippen LogP contribution in [0.25, 0.3) is 0 Å². The van der Waals surface area contributed by atoms with Gasteiger partial charge in [0.15, 0.2) is 5.78 Å². The van der Waals surface area contributed by atoms with Gasteiger partial charge < -0.3 is 20.0 Å². The van der Waals surface area contributed by atoms with Gasteiger partial charge in [-0.25, -0.2) is 4.57 Å². The maximum absolute atomic E-state index is 11.1. The summed E-state index contributed by atoms with van der Waals surface area (Å²) in [7, 11) is -4.70. The van der Waals surface area contributed by atoms with E-state index in [2.05, 4.69) is 16.4 Å². The number of aliphatic hydroxyl groups is 2. The maximum atomic E-state index is 11.1. The van der Waals surface area contributed by atoms with Gasteiger partial charge in [-0.2, -0.15) is 0 Å². The number of aliphatic hydroxyl groups excluding tert-OH is 2. The van der Waals surface area contributed by atoms with Crippen LogP contribution in [0.15, 0.2) is 12.7 Å². The summed E-state index contributed by atoms with van der Waals surface area (Å²) in [4.78, 5) is 27.8. The first-order valence-corrected chi connectivity index (χ1v) is 6.19. The van der Waals surface area contributed by atoms with Gasteiger partial charge in [0.2, 0.25) is 0 Å². The summed E-state index contributed by atoms with van der Waals surface area (Å²) in [6.07, 6.45) is -2.09. The molecular weight excluding hydrogens is 253 g/mol. The van der Waals surface area contributed by atoms with Gasteiger partial charge in [-0.3, -0.25) is 14.6 Å². The van der Waals surface area contributed by atoms with E-state index in [0.29, 0.717) is 0 Å². The van der Waals surface area contributed by atoms with E-state index in [1.54, 1.807) is 0 Å². The highest BCUT2D eigenvalue weighted by atomic mass is 31.2. The molecule has 0 amide bonds. The van der Waals surface area contributed by atoms with Crippen molar-refractivity contribution >= 4 is 13.6 Å². The predicted molar refractivity (Wildman–Crippen MR) is 57.8 cm³/mol. The van der Waals surface area contributed by atoms with Crippen molar-refractivity contribution in [1.82, 2.24) is 5.32 Å². The molecule has 0 radical (unpaired) electrons. The number of hydrogen-bond acceptors (Lipinski definition) is 6. The first kappa shape index (κ1) is 16.4. The van der Waals surface area contributed by atoms with Crippen LogP contribution in [-0.4, -0.2) is 50.8 Å². The first-order chi connectivity index (χ1) is 7.67. The quantitative estimate of drug-likeness (QED) is 0.204. The molecule has 5 N–H and O–H groups in total. The molecule has 0 aromatic carbocycles. The third kappa shape index (κ3) is 7.35.